The summed E-state index contributed by atoms with van der Waals surface area (Å²) in [7, 11) is 0. The van der Waals surface area contributed by atoms with Gasteiger partial charge in [-0.1, -0.05) is 13.8 Å². The van der Waals surface area contributed by atoms with E-state index in [-0.39, 0.29) is 11.3 Å². The molecule has 16 heavy (non-hydrogen) atoms. The third-order valence-electron chi connectivity index (χ3n) is 3.52. The van der Waals surface area contributed by atoms with Crippen LogP contribution in [-0.4, -0.2) is 6.54 Å². The van der Waals surface area contributed by atoms with E-state index in [1.807, 2.05) is 0 Å². The molecule has 1 aromatic rings. The van der Waals surface area contributed by atoms with Gasteiger partial charge in [0, 0.05) is 10.8 Å². The van der Waals surface area contributed by atoms with Gasteiger partial charge in [-0.2, -0.15) is 13.2 Å². The summed E-state index contributed by atoms with van der Waals surface area (Å²) in [5.74, 6) is 0.505. The first-order chi connectivity index (χ1) is 7.28. The topological polar surface area (TPSA) is 26.0 Å². The number of rotatable bonds is 2. The van der Waals surface area contributed by atoms with Crippen LogP contribution >= 0.6 is 11.3 Å². The van der Waals surface area contributed by atoms with E-state index in [0.717, 1.165) is 16.2 Å². The zero-order valence-corrected chi connectivity index (χ0v) is 9.95. The fraction of sp³-hybridized carbons (Fsp3) is 0.636. The van der Waals surface area contributed by atoms with Gasteiger partial charge >= 0.3 is 6.18 Å². The molecule has 0 radical (unpaired) electrons. The lowest BCUT2D eigenvalue weighted by molar-refractivity contribution is -0.134. The van der Waals surface area contributed by atoms with Crippen LogP contribution in [0.5, 0.6) is 0 Å². The van der Waals surface area contributed by atoms with Crippen molar-refractivity contribution >= 4 is 11.3 Å². The van der Waals surface area contributed by atoms with Crippen molar-refractivity contribution in [3.63, 3.8) is 0 Å². The monoisotopic (exact) mass is 249 g/mol. The summed E-state index contributed by atoms with van der Waals surface area (Å²) in [6.45, 7) is 4.65. The summed E-state index contributed by atoms with van der Waals surface area (Å²) in [4.78, 5) is 0.300. The highest BCUT2D eigenvalue weighted by atomic mass is 32.1. The highest BCUT2D eigenvalue weighted by molar-refractivity contribution is 7.12. The number of nitrogens with two attached hydrogens (primary N) is 1. The molecule has 2 N–H and O–H groups in total. The molecule has 0 spiro atoms. The van der Waals surface area contributed by atoms with Crippen LogP contribution in [0.4, 0.5) is 13.2 Å². The first kappa shape index (κ1) is 11.9. The Labute approximate surface area is 96.5 Å². The summed E-state index contributed by atoms with van der Waals surface area (Å²) in [6.07, 6.45) is -4.22. The van der Waals surface area contributed by atoms with Gasteiger partial charge in [-0.15, -0.1) is 11.3 Å². The van der Waals surface area contributed by atoms with Crippen LogP contribution in [-0.2, 0) is 6.18 Å². The Bertz CT molecular complexity index is 394. The second-order valence-corrected chi connectivity index (χ2v) is 5.96. The highest BCUT2D eigenvalue weighted by Gasteiger charge is 2.58. The largest absolute Gasteiger partial charge is 0.425 e. The Kier molecular flexibility index (Phi) is 2.58. The SMILES string of the molecule is CC1(C)[C@@H](CN)[C@@H]1c1ccc(C(F)(F)F)s1. The molecule has 1 aliphatic rings. The van der Waals surface area contributed by atoms with Gasteiger partial charge in [0.15, 0.2) is 0 Å². The second kappa shape index (κ2) is 3.47. The quantitative estimate of drug-likeness (QED) is 0.853. The van der Waals surface area contributed by atoms with Gasteiger partial charge in [0.1, 0.15) is 4.88 Å². The smallest absolute Gasteiger partial charge is 0.330 e. The Morgan fingerprint density at radius 1 is 1.38 bits per heavy atom. The molecule has 0 unspecified atom stereocenters. The molecule has 0 bridgehead atoms. The summed E-state index contributed by atoms with van der Waals surface area (Å²) in [5.41, 5.74) is 5.66. The molecule has 5 heteroatoms. The van der Waals surface area contributed by atoms with Gasteiger partial charge in [0.2, 0.25) is 0 Å². The van der Waals surface area contributed by atoms with Crippen LogP contribution < -0.4 is 5.73 Å². The maximum absolute atomic E-state index is 12.4. The second-order valence-electron chi connectivity index (χ2n) is 4.84. The van der Waals surface area contributed by atoms with Crippen molar-refractivity contribution in [2.45, 2.75) is 25.9 Å². The van der Waals surface area contributed by atoms with Crippen molar-refractivity contribution in [2.24, 2.45) is 17.1 Å². The predicted octanol–water partition coefficient (Wildman–Crippen LogP) is 3.47. The third kappa shape index (κ3) is 1.76. The lowest BCUT2D eigenvalue weighted by Gasteiger charge is -2.01. The Hall–Kier alpha value is -0.550. The van der Waals surface area contributed by atoms with E-state index in [0.29, 0.717) is 12.5 Å². The number of hydrogen-bond donors (Lipinski definition) is 1. The summed E-state index contributed by atoms with van der Waals surface area (Å²) >= 11 is 0.851. The molecule has 0 saturated heterocycles. The number of alkyl halides is 3. The molecule has 1 aromatic heterocycles. The lowest BCUT2D eigenvalue weighted by atomic mass is 10.1. The molecule has 2 atom stereocenters. The number of hydrogen-bond acceptors (Lipinski definition) is 2. The summed E-state index contributed by atoms with van der Waals surface area (Å²) < 4.78 is 37.3. The van der Waals surface area contributed by atoms with Crippen LogP contribution in [0.1, 0.15) is 29.5 Å². The van der Waals surface area contributed by atoms with Crippen LogP contribution in [0.3, 0.4) is 0 Å². The molecule has 90 valence electrons. The molecule has 1 saturated carbocycles. The van der Waals surface area contributed by atoms with Gasteiger partial charge in [0.05, 0.1) is 0 Å². The van der Waals surface area contributed by atoms with Crippen molar-refractivity contribution in [3.8, 4) is 0 Å². The van der Waals surface area contributed by atoms with E-state index in [9.17, 15) is 13.2 Å². The first-order valence-corrected chi connectivity index (χ1v) is 5.97. The minimum Gasteiger partial charge on any atom is -0.330 e. The standard InChI is InChI=1S/C11H14F3NS/c1-10(2)6(5-15)9(10)7-3-4-8(16-7)11(12,13)14/h3-4,6,9H,5,15H2,1-2H3/t6-,9+/m0/s1. The van der Waals surface area contributed by atoms with Crippen LogP contribution in [0.2, 0.25) is 0 Å². The zero-order chi connectivity index (χ0) is 12.1. The molecule has 0 amide bonds. The van der Waals surface area contributed by atoms with Crippen molar-refractivity contribution in [2.75, 3.05) is 6.54 Å². The fourth-order valence-electron chi connectivity index (χ4n) is 2.42. The molecule has 0 aromatic carbocycles. The van der Waals surface area contributed by atoms with Crippen molar-refractivity contribution in [1.82, 2.24) is 0 Å². The summed E-state index contributed by atoms with van der Waals surface area (Å²) in [6, 6.07) is 2.76. The molecule has 1 nitrogen and oxygen atoms in total. The van der Waals surface area contributed by atoms with Gasteiger partial charge in [-0.25, -0.2) is 0 Å². The Balaban J connectivity index is 2.22. The van der Waals surface area contributed by atoms with Crippen molar-refractivity contribution < 1.29 is 13.2 Å². The van der Waals surface area contributed by atoms with E-state index >= 15 is 0 Å². The third-order valence-corrected chi connectivity index (χ3v) is 4.73. The van der Waals surface area contributed by atoms with E-state index < -0.39 is 11.1 Å². The molecular weight excluding hydrogens is 235 g/mol. The zero-order valence-electron chi connectivity index (χ0n) is 9.14. The average Bonchev–Trinajstić information content (AvgIpc) is 2.57. The minimum absolute atomic E-state index is 0.0441. The molecule has 1 aliphatic carbocycles. The van der Waals surface area contributed by atoms with E-state index in [2.05, 4.69) is 13.8 Å². The number of thiophene rings is 1. The average molecular weight is 249 g/mol. The van der Waals surface area contributed by atoms with E-state index in [4.69, 9.17) is 5.73 Å². The van der Waals surface area contributed by atoms with E-state index in [1.165, 1.54) is 6.07 Å². The Morgan fingerprint density at radius 3 is 2.38 bits per heavy atom. The minimum atomic E-state index is -4.22. The van der Waals surface area contributed by atoms with Gasteiger partial charge in [-0.05, 0) is 30.0 Å². The van der Waals surface area contributed by atoms with Gasteiger partial charge in [-0.3, -0.25) is 0 Å². The molecule has 0 aliphatic heterocycles. The fourth-order valence-corrected chi connectivity index (χ4v) is 3.66. The first-order valence-electron chi connectivity index (χ1n) is 5.15. The van der Waals surface area contributed by atoms with Gasteiger partial charge < -0.3 is 5.73 Å². The van der Waals surface area contributed by atoms with E-state index in [1.54, 1.807) is 6.07 Å². The Morgan fingerprint density at radius 2 is 2.00 bits per heavy atom. The van der Waals surface area contributed by atoms with Crippen LogP contribution in [0.25, 0.3) is 0 Å². The van der Waals surface area contributed by atoms with Gasteiger partial charge in [0.25, 0.3) is 0 Å². The maximum Gasteiger partial charge on any atom is 0.425 e. The van der Waals surface area contributed by atoms with Crippen LogP contribution in [0, 0.1) is 11.3 Å². The predicted molar refractivity (Wildman–Crippen MR) is 58.4 cm³/mol. The summed E-state index contributed by atoms with van der Waals surface area (Å²) in [5, 5.41) is 0. The normalized spacial score (nSPS) is 28.1. The molecule has 2 rings (SSSR count). The number of halogens is 3. The molecule has 1 fully saturated rings. The molecule has 1 heterocycles. The van der Waals surface area contributed by atoms with Crippen molar-refractivity contribution in [1.29, 1.82) is 0 Å². The van der Waals surface area contributed by atoms with Crippen molar-refractivity contribution in [3.05, 3.63) is 21.9 Å². The molecular formula is C11H14F3NS. The maximum atomic E-state index is 12.4. The highest BCUT2D eigenvalue weighted by Crippen LogP contribution is 2.65. The lowest BCUT2D eigenvalue weighted by Crippen LogP contribution is -2.05. The van der Waals surface area contributed by atoms with Crippen LogP contribution in [0.15, 0.2) is 12.1 Å².